The summed E-state index contributed by atoms with van der Waals surface area (Å²) in [4.78, 5) is 4.39. The molecule has 0 saturated carbocycles. The number of rotatable bonds is 5. The van der Waals surface area contributed by atoms with Crippen LogP contribution in [0.3, 0.4) is 0 Å². The van der Waals surface area contributed by atoms with Crippen molar-refractivity contribution in [1.29, 1.82) is 0 Å². The van der Waals surface area contributed by atoms with Crippen molar-refractivity contribution in [2.24, 2.45) is 7.05 Å². The third kappa shape index (κ3) is 3.24. The third-order valence-corrected chi connectivity index (χ3v) is 3.63. The summed E-state index contributed by atoms with van der Waals surface area (Å²) in [6.45, 7) is 6.53. The molecule has 0 saturated heterocycles. The highest BCUT2D eigenvalue weighted by Gasteiger charge is 2.14. The van der Waals surface area contributed by atoms with Crippen LogP contribution in [0.15, 0.2) is 36.7 Å². The van der Waals surface area contributed by atoms with Gasteiger partial charge >= 0.3 is 0 Å². The number of nitrogens with zero attached hydrogens (tertiary/aromatic N) is 2. The van der Waals surface area contributed by atoms with Crippen molar-refractivity contribution in [1.82, 2.24) is 14.9 Å². The normalized spacial score (nSPS) is 14.3. The lowest BCUT2D eigenvalue weighted by atomic mass is 10.0. The Balaban J connectivity index is 2.04. The van der Waals surface area contributed by atoms with Gasteiger partial charge in [0.15, 0.2) is 0 Å². The smallest absolute Gasteiger partial charge is 0.125 e. The predicted molar refractivity (Wildman–Crippen MR) is 79.0 cm³/mol. The highest BCUT2D eigenvalue weighted by atomic mass is 15.1. The van der Waals surface area contributed by atoms with Crippen LogP contribution in [-0.4, -0.2) is 9.55 Å². The van der Waals surface area contributed by atoms with Crippen molar-refractivity contribution >= 4 is 0 Å². The van der Waals surface area contributed by atoms with Crippen LogP contribution in [0.4, 0.5) is 0 Å². The summed E-state index contributed by atoms with van der Waals surface area (Å²) in [5.74, 6) is 1.07. The molecule has 0 aliphatic heterocycles. The van der Waals surface area contributed by atoms with Gasteiger partial charge < -0.3 is 9.88 Å². The van der Waals surface area contributed by atoms with Gasteiger partial charge in [-0.1, -0.05) is 31.2 Å². The lowest BCUT2D eigenvalue weighted by Gasteiger charge is -2.20. The van der Waals surface area contributed by atoms with Crippen LogP contribution in [0.25, 0.3) is 0 Å². The van der Waals surface area contributed by atoms with E-state index in [0.29, 0.717) is 6.04 Å². The molecule has 1 heterocycles. The molecule has 0 aliphatic rings. The first-order chi connectivity index (χ1) is 9.11. The minimum Gasteiger partial charge on any atom is -0.337 e. The first-order valence-corrected chi connectivity index (χ1v) is 6.94. The summed E-state index contributed by atoms with van der Waals surface area (Å²) in [5, 5.41) is 3.59. The van der Waals surface area contributed by atoms with Gasteiger partial charge in [-0.3, -0.25) is 0 Å². The Morgan fingerprint density at radius 3 is 2.37 bits per heavy atom. The second kappa shape index (κ2) is 6.02. The Hall–Kier alpha value is -1.61. The molecule has 2 rings (SSSR count). The quantitative estimate of drug-likeness (QED) is 0.889. The summed E-state index contributed by atoms with van der Waals surface area (Å²) in [5.41, 5.74) is 2.70. The molecule has 0 amide bonds. The standard InChI is InChI=1S/C16H23N3/c1-5-14-6-8-15(9-7-14)12(2)18-13(3)16-17-10-11-19(16)4/h6-13,18H,5H2,1-4H3. The number of aromatic nitrogens is 2. The van der Waals surface area contributed by atoms with Gasteiger partial charge in [-0.15, -0.1) is 0 Å². The molecule has 1 aromatic heterocycles. The summed E-state index contributed by atoms with van der Waals surface area (Å²) in [6, 6.07) is 9.39. The SMILES string of the molecule is CCc1ccc(C(C)NC(C)c2nccn2C)cc1. The van der Waals surface area contributed by atoms with Crippen molar-refractivity contribution in [2.45, 2.75) is 39.3 Å². The molecular formula is C16H23N3. The Bertz CT molecular complexity index is 513. The molecule has 3 heteroatoms. The molecule has 2 aromatic rings. The van der Waals surface area contributed by atoms with E-state index in [1.807, 2.05) is 19.4 Å². The van der Waals surface area contributed by atoms with Gasteiger partial charge in [-0.05, 0) is 31.4 Å². The van der Waals surface area contributed by atoms with E-state index in [0.717, 1.165) is 12.2 Å². The highest BCUT2D eigenvalue weighted by molar-refractivity contribution is 5.24. The van der Waals surface area contributed by atoms with Gasteiger partial charge in [0.25, 0.3) is 0 Å². The number of hydrogen-bond acceptors (Lipinski definition) is 2. The largest absolute Gasteiger partial charge is 0.337 e. The van der Waals surface area contributed by atoms with Crippen LogP contribution in [0.1, 0.15) is 49.8 Å². The first kappa shape index (κ1) is 13.8. The molecule has 1 aromatic carbocycles. The molecule has 19 heavy (non-hydrogen) atoms. The average Bonchev–Trinajstić information content (AvgIpc) is 2.85. The fourth-order valence-corrected chi connectivity index (χ4v) is 2.38. The van der Waals surface area contributed by atoms with Gasteiger partial charge in [-0.25, -0.2) is 4.98 Å². The monoisotopic (exact) mass is 257 g/mol. The van der Waals surface area contributed by atoms with E-state index < -0.39 is 0 Å². The number of imidazole rings is 1. The lowest BCUT2D eigenvalue weighted by molar-refractivity contribution is 0.467. The Labute approximate surface area is 115 Å². The number of benzene rings is 1. The van der Waals surface area contributed by atoms with Crippen LogP contribution in [0.2, 0.25) is 0 Å². The maximum atomic E-state index is 4.39. The summed E-state index contributed by atoms with van der Waals surface area (Å²) in [7, 11) is 2.03. The first-order valence-electron chi connectivity index (χ1n) is 6.94. The molecule has 0 bridgehead atoms. The molecule has 102 valence electrons. The van der Waals surface area contributed by atoms with E-state index in [9.17, 15) is 0 Å². The van der Waals surface area contributed by atoms with Gasteiger partial charge in [-0.2, -0.15) is 0 Å². The minimum atomic E-state index is 0.237. The maximum absolute atomic E-state index is 4.39. The lowest BCUT2D eigenvalue weighted by Crippen LogP contribution is -2.24. The molecule has 0 aliphatic carbocycles. The zero-order valence-electron chi connectivity index (χ0n) is 12.2. The topological polar surface area (TPSA) is 29.9 Å². The van der Waals surface area contributed by atoms with E-state index >= 15 is 0 Å². The molecule has 0 radical (unpaired) electrons. The zero-order chi connectivity index (χ0) is 13.8. The molecular weight excluding hydrogens is 234 g/mol. The number of hydrogen-bond donors (Lipinski definition) is 1. The van der Waals surface area contributed by atoms with Crippen LogP contribution in [0.5, 0.6) is 0 Å². The summed E-state index contributed by atoms with van der Waals surface area (Å²) in [6.07, 6.45) is 4.91. The number of nitrogens with one attached hydrogen (secondary N) is 1. The molecule has 2 unspecified atom stereocenters. The number of aryl methyl sites for hydroxylation is 2. The zero-order valence-corrected chi connectivity index (χ0v) is 12.2. The van der Waals surface area contributed by atoms with Crippen LogP contribution in [-0.2, 0) is 13.5 Å². The second-order valence-corrected chi connectivity index (χ2v) is 5.10. The van der Waals surface area contributed by atoms with E-state index in [2.05, 4.69) is 59.9 Å². The average molecular weight is 257 g/mol. The van der Waals surface area contributed by atoms with Crippen molar-refractivity contribution in [3.8, 4) is 0 Å². The second-order valence-electron chi connectivity index (χ2n) is 5.10. The van der Waals surface area contributed by atoms with Gasteiger partial charge in [0.1, 0.15) is 5.82 Å². The predicted octanol–water partition coefficient (Wildman–Crippen LogP) is 3.39. The van der Waals surface area contributed by atoms with Crippen molar-refractivity contribution < 1.29 is 0 Å². The van der Waals surface area contributed by atoms with Gasteiger partial charge in [0, 0.05) is 25.5 Å². The molecule has 0 fully saturated rings. The van der Waals surface area contributed by atoms with Crippen LogP contribution < -0.4 is 5.32 Å². The Kier molecular flexibility index (Phi) is 4.38. The van der Waals surface area contributed by atoms with Crippen LogP contribution >= 0.6 is 0 Å². The molecule has 3 nitrogen and oxygen atoms in total. The fraction of sp³-hybridized carbons (Fsp3) is 0.438. The highest BCUT2D eigenvalue weighted by Crippen LogP contribution is 2.18. The summed E-state index contributed by atoms with van der Waals surface area (Å²) >= 11 is 0. The fourth-order valence-electron chi connectivity index (χ4n) is 2.38. The van der Waals surface area contributed by atoms with Crippen molar-refractivity contribution in [3.63, 3.8) is 0 Å². The third-order valence-electron chi connectivity index (χ3n) is 3.63. The molecule has 2 atom stereocenters. The van der Waals surface area contributed by atoms with E-state index in [-0.39, 0.29) is 6.04 Å². The minimum absolute atomic E-state index is 0.237. The maximum Gasteiger partial charge on any atom is 0.125 e. The van der Waals surface area contributed by atoms with E-state index in [1.54, 1.807) is 0 Å². The van der Waals surface area contributed by atoms with E-state index in [1.165, 1.54) is 11.1 Å². The van der Waals surface area contributed by atoms with Crippen molar-refractivity contribution in [3.05, 3.63) is 53.6 Å². The molecule has 0 spiro atoms. The summed E-state index contributed by atoms with van der Waals surface area (Å²) < 4.78 is 2.06. The Morgan fingerprint density at radius 2 is 1.84 bits per heavy atom. The van der Waals surface area contributed by atoms with Gasteiger partial charge in [0.2, 0.25) is 0 Å². The van der Waals surface area contributed by atoms with Crippen LogP contribution in [0, 0.1) is 0 Å². The molecule has 1 N–H and O–H groups in total. The van der Waals surface area contributed by atoms with Gasteiger partial charge in [0.05, 0.1) is 6.04 Å². The van der Waals surface area contributed by atoms with Crippen molar-refractivity contribution in [2.75, 3.05) is 0 Å². The van der Waals surface area contributed by atoms with E-state index in [4.69, 9.17) is 0 Å². The Morgan fingerprint density at radius 1 is 1.16 bits per heavy atom.